The van der Waals surface area contributed by atoms with Crippen LogP contribution in [0, 0.1) is 6.92 Å². The van der Waals surface area contributed by atoms with E-state index in [-0.39, 0.29) is 0 Å². The van der Waals surface area contributed by atoms with Crippen LogP contribution in [0.1, 0.15) is 29.6 Å². The molecule has 2 rings (SSSR count). The molecule has 2 aromatic rings. The summed E-state index contributed by atoms with van der Waals surface area (Å²) in [7, 11) is 0. The van der Waals surface area contributed by atoms with Gasteiger partial charge in [-0.05, 0) is 0 Å². The summed E-state index contributed by atoms with van der Waals surface area (Å²) in [6.07, 6.45) is 0. The molecular weight excluding hydrogens is 247 g/mol. The minimum absolute atomic E-state index is 0.314. The van der Waals surface area contributed by atoms with Crippen molar-refractivity contribution in [1.82, 2.24) is 0 Å². The second-order valence-electron chi connectivity index (χ2n) is 5.00. The molecule has 1 aromatic heterocycles. The van der Waals surface area contributed by atoms with E-state index in [1.54, 1.807) is 8.87 Å². The number of rotatable bonds is 0. The SMILES string of the molecule is Cc1[se+]c(C(C)(C)C)cc2ccccc12. The van der Waals surface area contributed by atoms with Crippen LogP contribution < -0.4 is 0 Å². The van der Waals surface area contributed by atoms with Gasteiger partial charge < -0.3 is 0 Å². The van der Waals surface area contributed by atoms with Crippen LogP contribution in [0.25, 0.3) is 10.8 Å². The number of hydrogen-bond donors (Lipinski definition) is 0. The van der Waals surface area contributed by atoms with Gasteiger partial charge in [0.2, 0.25) is 0 Å². The minimum atomic E-state index is 0.314. The predicted molar refractivity (Wildman–Crippen MR) is 68.7 cm³/mol. The third-order valence-electron chi connectivity index (χ3n) is 2.63. The Morgan fingerprint density at radius 1 is 1.07 bits per heavy atom. The first-order valence-electron chi connectivity index (χ1n) is 5.31. The Morgan fingerprint density at radius 2 is 1.73 bits per heavy atom. The van der Waals surface area contributed by atoms with E-state index in [2.05, 4.69) is 58.0 Å². The number of benzene rings is 1. The quantitative estimate of drug-likeness (QED) is 0.635. The van der Waals surface area contributed by atoms with E-state index in [1.165, 1.54) is 10.8 Å². The number of aryl methyl sites for hydroxylation is 1. The molecule has 0 aliphatic carbocycles. The molecule has 0 bridgehead atoms. The summed E-state index contributed by atoms with van der Waals surface area (Å²) in [5.74, 6) is 0. The zero-order valence-electron chi connectivity index (χ0n) is 9.79. The zero-order valence-corrected chi connectivity index (χ0v) is 11.5. The van der Waals surface area contributed by atoms with Gasteiger partial charge in [0.05, 0.1) is 0 Å². The zero-order chi connectivity index (χ0) is 11.1. The fourth-order valence-electron chi connectivity index (χ4n) is 1.70. The topological polar surface area (TPSA) is 0 Å². The van der Waals surface area contributed by atoms with E-state index < -0.39 is 0 Å². The molecule has 0 saturated heterocycles. The van der Waals surface area contributed by atoms with Crippen molar-refractivity contribution in [3.05, 3.63) is 39.2 Å². The maximum atomic E-state index is 2.39. The molecule has 78 valence electrons. The van der Waals surface area contributed by atoms with Crippen LogP contribution in [0.5, 0.6) is 0 Å². The van der Waals surface area contributed by atoms with E-state index in [1.807, 2.05) is 0 Å². The summed E-state index contributed by atoms with van der Waals surface area (Å²) in [6, 6.07) is 11.1. The van der Waals surface area contributed by atoms with Crippen LogP contribution >= 0.6 is 0 Å². The van der Waals surface area contributed by atoms with Crippen molar-refractivity contribution in [1.29, 1.82) is 0 Å². The van der Waals surface area contributed by atoms with Crippen molar-refractivity contribution in [2.75, 3.05) is 0 Å². The number of fused-ring (bicyclic) bond motifs is 1. The Morgan fingerprint density at radius 3 is 2.40 bits per heavy atom. The van der Waals surface area contributed by atoms with E-state index in [0.717, 1.165) is 0 Å². The van der Waals surface area contributed by atoms with Crippen molar-refractivity contribution >= 4 is 25.3 Å². The van der Waals surface area contributed by atoms with Crippen molar-refractivity contribution in [3.8, 4) is 0 Å². The standard InChI is InChI=1S/C14H17Se/c1-10-12-8-6-5-7-11(12)9-13(15-10)14(2,3)4/h5-9H,1-4H3/q+1. The van der Waals surface area contributed by atoms with Gasteiger partial charge in [0, 0.05) is 0 Å². The Hall–Kier alpha value is -0.651. The summed E-state index contributed by atoms with van der Waals surface area (Å²) in [5, 5.41) is 2.85. The van der Waals surface area contributed by atoms with Gasteiger partial charge in [-0.1, -0.05) is 0 Å². The average molecular weight is 264 g/mol. The van der Waals surface area contributed by atoms with E-state index >= 15 is 0 Å². The summed E-state index contributed by atoms with van der Waals surface area (Å²) < 4.78 is 3.16. The van der Waals surface area contributed by atoms with Crippen LogP contribution in [-0.4, -0.2) is 14.5 Å². The van der Waals surface area contributed by atoms with Crippen molar-refractivity contribution in [2.45, 2.75) is 33.1 Å². The molecule has 1 heteroatoms. The second kappa shape index (κ2) is 3.73. The summed E-state index contributed by atoms with van der Waals surface area (Å²) in [4.78, 5) is 0. The molecule has 1 heterocycles. The average Bonchev–Trinajstić information content (AvgIpc) is 2.16. The molecular formula is C14H17Se+. The first-order chi connectivity index (χ1) is 6.98. The fraction of sp³-hybridized carbons (Fsp3) is 0.357. The van der Waals surface area contributed by atoms with Crippen molar-refractivity contribution < 1.29 is 0 Å². The maximum absolute atomic E-state index is 2.39. The van der Waals surface area contributed by atoms with E-state index in [4.69, 9.17) is 0 Å². The number of hydrogen-bond acceptors (Lipinski definition) is 0. The van der Waals surface area contributed by atoms with Crippen LogP contribution in [0.4, 0.5) is 0 Å². The molecule has 0 radical (unpaired) electrons. The first-order valence-corrected chi connectivity index (χ1v) is 7.03. The molecule has 0 aliphatic rings. The van der Waals surface area contributed by atoms with Crippen LogP contribution in [0.3, 0.4) is 0 Å². The Balaban J connectivity index is 2.73. The normalized spacial score (nSPS) is 12.0. The van der Waals surface area contributed by atoms with E-state index in [0.29, 0.717) is 19.9 Å². The molecule has 0 aliphatic heterocycles. The molecule has 0 unspecified atom stereocenters. The van der Waals surface area contributed by atoms with Gasteiger partial charge in [-0.2, -0.15) is 0 Å². The third-order valence-corrected chi connectivity index (χ3v) is 5.73. The molecule has 1 aromatic carbocycles. The summed E-state index contributed by atoms with van der Waals surface area (Å²) >= 11 is 0.534. The third kappa shape index (κ3) is 2.14. The van der Waals surface area contributed by atoms with Crippen molar-refractivity contribution in [2.24, 2.45) is 0 Å². The van der Waals surface area contributed by atoms with Crippen LogP contribution in [-0.2, 0) is 5.41 Å². The second-order valence-corrected chi connectivity index (χ2v) is 7.64. The molecule has 0 saturated carbocycles. The molecule has 0 spiro atoms. The van der Waals surface area contributed by atoms with Crippen LogP contribution in [0.15, 0.2) is 30.3 Å². The Kier molecular flexibility index (Phi) is 2.70. The van der Waals surface area contributed by atoms with Gasteiger partial charge in [0.1, 0.15) is 0 Å². The van der Waals surface area contributed by atoms with Gasteiger partial charge in [-0.25, -0.2) is 0 Å². The summed E-state index contributed by atoms with van der Waals surface area (Å²) in [6.45, 7) is 9.20. The molecule has 0 nitrogen and oxygen atoms in total. The Bertz CT molecular complexity index is 492. The van der Waals surface area contributed by atoms with E-state index in [9.17, 15) is 0 Å². The molecule has 15 heavy (non-hydrogen) atoms. The molecule has 0 N–H and O–H groups in total. The van der Waals surface area contributed by atoms with Gasteiger partial charge >= 0.3 is 97.6 Å². The first kappa shape index (κ1) is 10.9. The predicted octanol–water partition coefficient (Wildman–Crippen LogP) is 3.78. The summed E-state index contributed by atoms with van der Waals surface area (Å²) in [5.41, 5.74) is 0.314. The van der Waals surface area contributed by atoms with Gasteiger partial charge in [-0.15, -0.1) is 0 Å². The van der Waals surface area contributed by atoms with Crippen molar-refractivity contribution in [3.63, 3.8) is 0 Å². The van der Waals surface area contributed by atoms with Gasteiger partial charge in [0.25, 0.3) is 0 Å². The van der Waals surface area contributed by atoms with Gasteiger partial charge in [0.15, 0.2) is 0 Å². The molecule has 0 fully saturated rings. The van der Waals surface area contributed by atoms with Crippen LogP contribution in [0.2, 0.25) is 0 Å². The Labute approximate surface area is 97.7 Å². The monoisotopic (exact) mass is 265 g/mol. The molecule has 0 atom stereocenters. The fourth-order valence-corrected chi connectivity index (χ4v) is 4.05. The molecule has 0 amide bonds. The van der Waals surface area contributed by atoms with Gasteiger partial charge in [-0.3, -0.25) is 0 Å².